The largest absolute Gasteiger partial charge is 0.384 e. The zero-order valence-electron chi connectivity index (χ0n) is 10.9. The second-order valence-corrected chi connectivity index (χ2v) is 5.20. The third kappa shape index (κ3) is 2.61. The molecule has 0 radical (unpaired) electrons. The van der Waals surface area contributed by atoms with Crippen molar-refractivity contribution in [1.82, 2.24) is 9.97 Å². The number of rotatable bonds is 4. The van der Waals surface area contributed by atoms with E-state index in [1.165, 1.54) is 4.88 Å². The van der Waals surface area contributed by atoms with Crippen LogP contribution in [0.4, 0.5) is 11.6 Å². The van der Waals surface area contributed by atoms with Crippen molar-refractivity contribution in [2.45, 2.75) is 26.3 Å². The molecule has 0 saturated heterocycles. The quantitative estimate of drug-likeness (QED) is 0.920. The summed E-state index contributed by atoms with van der Waals surface area (Å²) in [5, 5.41) is 2.09. The van der Waals surface area contributed by atoms with Crippen LogP contribution in [0.15, 0.2) is 23.6 Å². The Bertz CT molecular complexity index is 510. The molecule has 2 aromatic heterocycles. The van der Waals surface area contributed by atoms with E-state index in [0.29, 0.717) is 5.82 Å². The van der Waals surface area contributed by atoms with Gasteiger partial charge in [0.15, 0.2) is 0 Å². The summed E-state index contributed by atoms with van der Waals surface area (Å²) < 4.78 is 0. The van der Waals surface area contributed by atoms with E-state index < -0.39 is 0 Å². The number of hydrogen-bond donors (Lipinski definition) is 1. The molecular weight excluding hydrogens is 244 g/mol. The maximum atomic E-state index is 5.82. The van der Waals surface area contributed by atoms with Crippen LogP contribution in [0, 0.1) is 0 Å². The van der Waals surface area contributed by atoms with Gasteiger partial charge in [0.1, 0.15) is 17.5 Å². The number of thiophene rings is 1. The molecule has 18 heavy (non-hydrogen) atoms. The minimum atomic E-state index is 0.281. The third-order valence-electron chi connectivity index (χ3n) is 2.99. The second kappa shape index (κ2) is 5.35. The monoisotopic (exact) mass is 262 g/mol. The zero-order chi connectivity index (χ0) is 13.1. The highest BCUT2D eigenvalue weighted by molar-refractivity contribution is 7.10. The summed E-state index contributed by atoms with van der Waals surface area (Å²) in [5.74, 6) is 2.19. The maximum absolute atomic E-state index is 5.82. The lowest BCUT2D eigenvalue weighted by Crippen LogP contribution is -2.22. The Kier molecular flexibility index (Phi) is 3.81. The van der Waals surface area contributed by atoms with Crippen molar-refractivity contribution in [3.8, 4) is 0 Å². The van der Waals surface area contributed by atoms with Gasteiger partial charge in [-0.2, -0.15) is 0 Å². The summed E-state index contributed by atoms with van der Waals surface area (Å²) in [4.78, 5) is 12.2. The normalized spacial score (nSPS) is 12.4. The van der Waals surface area contributed by atoms with Gasteiger partial charge < -0.3 is 10.6 Å². The van der Waals surface area contributed by atoms with Gasteiger partial charge in [-0.1, -0.05) is 13.0 Å². The molecule has 2 heterocycles. The van der Waals surface area contributed by atoms with Gasteiger partial charge in [-0.05, 0) is 18.4 Å². The molecule has 2 aromatic rings. The molecule has 96 valence electrons. The molecular formula is C13H18N4S. The molecule has 0 aliphatic rings. The van der Waals surface area contributed by atoms with Crippen molar-refractivity contribution >= 4 is 23.0 Å². The van der Waals surface area contributed by atoms with Crippen LogP contribution >= 0.6 is 11.3 Å². The number of aromatic nitrogens is 2. The van der Waals surface area contributed by atoms with Gasteiger partial charge in [-0.3, -0.25) is 0 Å². The summed E-state index contributed by atoms with van der Waals surface area (Å²) in [6.45, 7) is 4.19. The smallest absolute Gasteiger partial charge is 0.134 e. The van der Waals surface area contributed by atoms with Gasteiger partial charge in [-0.25, -0.2) is 9.97 Å². The van der Waals surface area contributed by atoms with Crippen LogP contribution in [-0.2, 0) is 6.42 Å². The minimum absolute atomic E-state index is 0.281. The van der Waals surface area contributed by atoms with Crippen LogP contribution in [0.2, 0.25) is 0 Å². The lowest BCUT2D eigenvalue weighted by Gasteiger charge is -2.25. The van der Waals surface area contributed by atoms with Gasteiger partial charge in [0.25, 0.3) is 0 Å². The van der Waals surface area contributed by atoms with E-state index in [1.807, 2.05) is 20.0 Å². The molecule has 0 bridgehead atoms. The summed E-state index contributed by atoms with van der Waals surface area (Å²) in [6.07, 6.45) is 0.791. The highest BCUT2D eigenvalue weighted by Gasteiger charge is 2.15. The Labute approximate surface area is 111 Å². The number of nitrogen functional groups attached to an aromatic ring is 1. The maximum Gasteiger partial charge on any atom is 0.134 e. The van der Waals surface area contributed by atoms with Crippen molar-refractivity contribution in [2.75, 3.05) is 17.7 Å². The minimum Gasteiger partial charge on any atom is -0.384 e. The van der Waals surface area contributed by atoms with Gasteiger partial charge in [0.2, 0.25) is 0 Å². The molecule has 0 spiro atoms. The standard InChI is InChI=1S/C13H18N4S/c1-4-12-15-11(14)8-13(16-12)17(3)9(2)10-6-5-7-18-10/h5-9H,4H2,1-3H3,(H2,14,15,16). The predicted molar refractivity (Wildman–Crippen MR) is 77.0 cm³/mol. The van der Waals surface area contributed by atoms with E-state index in [0.717, 1.165) is 18.1 Å². The van der Waals surface area contributed by atoms with Crippen molar-refractivity contribution < 1.29 is 0 Å². The molecule has 0 amide bonds. The van der Waals surface area contributed by atoms with E-state index >= 15 is 0 Å². The van der Waals surface area contributed by atoms with E-state index in [4.69, 9.17) is 5.73 Å². The second-order valence-electron chi connectivity index (χ2n) is 4.22. The lowest BCUT2D eigenvalue weighted by molar-refractivity contribution is 0.735. The van der Waals surface area contributed by atoms with Crippen LogP contribution in [0.1, 0.15) is 30.6 Å². The number of anilines is 2. The first-order valence-electron chi connectivity index (χ1n) is 6.01. The SMILES string of the molecule is CCc1nc(N)cc(N(C)C(C)c2cccs2)n1. The highest BCUT2D eigenvalue weighted by Crippen LogP contribution is 2.27. The van der Waals surface area contributed by atoms with Crippen LogP contribution < -0.4 is 10.6 Å². The molecule has 2 N–H and O–H groups in total. The van der Waals surface area contributed by atoms with Gasteiger partial charge in [0, 0.05) is 24.4 Å². The first-order valence-corrected chi connectivity index (χ1v) is 6.89. The number of nitrogens with zero attached hydrogens (tertiary/aromatic N) is 3. The predicted octanol–water partition coefficient (Wildman–Crippen LogP) is 2.88. The lowest BCUT2D eigenvalue weighted by atomic mass is 10.2. The molecule has 0 aliphatic heterocycles. The van der Waals surface area contributed by atoms with E-state index in [2.05, 4.69) is 39.3 Å². The summed E-state index contributed by atoms with van der Waals surface area (Å²) in [6, 6.07) is 6.31. The Morgan fingerprint density at radius 2 is 2.22 bits per heavy atom. The average molecular weight is 262 g/mol. The molecule has 0 aliphatic carbocycles. The molecule has 0 aromatic carbocycles. The molecule has 0 saturated carbocycles. The van der Waals surface area contributed by atoms with E-state index in [-0.39, 0.29) is 6.04 Å². The molecule has 0 fully saturated rings. The topological polar surface area (TPSA) is 55.0 Å². The van der Waals surface area contributed by atoms with Crippen LogP contribution in [0.3, 0.4) is 0 Å². The van der Waals surface area contributed by atoms with Crippen LogP contribution in [0.5, 0.6) is 0 Å². The van der Waals surface area contributed by atoms with Gasteiger partial charge >= 0.3 is 0 Å². The van der Waals surface area contributed by atoms with Crippen LogP contribution in [-0.4, -0.2) is 17.0 Å². The number of aryl methyl sites for hydroxylation is 1. The third-order valence-corrected chi connectivity index (χ3v) is 4.03. The Balaban J connectivity index is 2.28. The number of hydrogen-bond acceptors (Lipinski definition) is 5. The van der Waals surface area contributed by atoms with E-state index in [1.54, 1.807) is 11.3 Å². The van der Waals surface area contributed by atoms with E-state index in [9.17, 15) is 0 Å². The van der Waals surface area contributed by atoms with Crippen molar-refractivity contribution in [2.24, 2.45) is 0 Å². The van der Waals surface area contributed by atoms with Crippen molar-refractivity contribution in [3.05, 3.63) is 34.3 Å². The fourth-order valence-electron chi connectivity index (χ4n) is 1.76. The molecule has 1 atom stereocenters. The van der Waals surface area contributed by atoms with Crippen molar-refractivity contribution in [1.29, 1.82) is 0 Å². The molecule has 5 heteroatoms. The highest BCUT2D eigenvalue weighted by atomic mass is 32.1. The fourth-order valence-corrected chi connectivity index (χ4v) is 2.59. The van der Waals surface area contributed by atoms with Crippen molar-refractivity contribution in [3.63, 3.8) is 0 Å². The Hall–Kier alpha value is -1.62. The van der Waals surface area contributed by atoms with Gasteiger partial charge in [0.05, 0.1) is 6.04 Å². The first-order chi connectivity index (χ1) is 8.61. The zero-order valence-corrected chi connectivity index (χ0v) is 11.7. The van der Waals surface area contributed by atoms with Gasteiger partial charge in [-0.15, -0.1) is 11.3 Å². The summed E-state index contributed by atoms with van der Waals surface area (Å²) in [5.41, 5.74) is 5.82. The summed E-state index contributed by atoms with van der Waals surface area (Å²) >= 11 is 1.75. The Morgan fingerprint density at radius 3 is 2.83 bits per heavy atom. The molecule has 4 nitrogen and oxygen atoms in total. The fraction of sp³-hybridized carbons (Fsp3) is 0.385. The number of nitrogens with two attached hydrogens (primary N) is 1. The average Bonchev–Trinajstić information content (AvgIpc) is 2.90. The molecule has 1 unspecified atom stereocenters. The van der Waals surface area contributed by atoms with Crippen LogP contribution in [0.25, 0.3) is 0 Å². The summed E-state index contributed by atoms with van der Waals surface area (Å²) in [7, 11) is 2.03. The Morgan fingerprint density at radius 1 is 1.44 bits per heavy atom. The molecule has 2 rings (SSSR count). The first kappa shape index (κ1) is 12.8.